The Morgan fingerprint density at radius 1 is 1.44 bits per heavy atom. The van der Waals surface area contributed by atoms with Crippen LogP contribution in [0.5, 0.6) is 0 Å². The molecule has 0 saturated heterocycles. The van der Waals surface area contributed by atoms with Gasteiger partial charge in [0.2, 0.25) is 4.77 Å². The fourth-order valence-electron chi connectivity index (χ4n) is 1.76. The summed E-state index contributed by atoms with van der Waals surface area (Å²) >= 11 is 5.14. The number of aromatic amines is 1. The SMILES string of the molecule is CCc1n[nH]c(=S)n1/N=C/c1c(C)nn(C)c1C. The molecule has 0 amide bonds. The van der Waals surface area contributed by atoms with E-state index in [4.69, 9.17) is 12.2 Å². The molecule has 2 aromatic heterocycles. The first-order valence-corrected chi connectivity index (χ1v) is 6.16. The molecular weight excluding hydrogens is 248 g/mol. The molecule has 0 aliphatic rings. The highest BCUT2D eigenvalue weighted by atomic mass is 32.1. The Balaban J connectivity index is 2.42. The average molecular weight is 264 g/mol. The molecule has 0 aliphatic heterocycles. The van der Waals surface area contributed by atoms with Gasteiger partial charge in [0.1, 0.15) is 0 Å². The van der Waals surface area contributed by atoms with Crippen LogP contribution in [0, 0.1) is 18.6 Å². The number of nitrogens with one attached hydrogen (secondary N) is 1. The van der Waals surface area contributed by atoms with Gasteiger partial charge in [-0.3, -0.25) is 9.78 Å². The number of aryl methyl sites for hydroxylation is 3. The topological polar surface area (TPSA) is 63.8 Å². The van der Waals surface area contributed by atoms with Crippen LogP contribution in [-0.2, 0) is 13.5 Å². The van der Waals surface area contributed by atoms with Crippen molar-refractivity contribution < 1.29 is 0 Å². The molecule has 0 fully saturated rings. The second-order valence-electron chi connectivity index (χ2n) is 4.06. The van der Waals surface area contributed by atoms with E-state index < -0.39 is 0 Å². The lowest BCUT2D eigenvalue weighted by atomic mass is 10.2. The summed E-state index contributed by atoms with van der Waals surface area (Å²) in [6.07, 6.45) is 2.55. The number of hydrogen-bond donors (Lipinski definition) is 1. The molecule has 0 aromatic carbocycles. The molecule has 6 nitrogen and oxygen atoms in total. The van der Waals surface area contributed by atoms with Gasteiger partial charge in [0.25, 0.3) is 0 Å². The van der Waals surface area contributed by atoms with Gasteiger partial charge in [-0.25, -0.2) is 0 Å². The fraction of sp³-hybridized carbons (Fsp3) is 0.455. The standard InChI is InChI=1S/C11H16N6S/c1-5-10-13-14-11(18)17(10)12-6-9-7(2)15-16(4)8(9)3/h6H,5H2,1-4H3,(H,14,18)/b12-6+. The molecule has 2 heterocycles. The Kier molecular flexibility index (Phi) is 3.42. The van der Waals surface area contributed by atoms with Crippen LogP contribution in [-0.4, -0.2) is 30.9 Å². The van der Waals surface area contributed by atoms with Crippen molar-refractivity contribution >= 4 is 18.4 Å². The van der Waals surface area contributed by atoms with E-state index in [0.717, 1.165) is 29.2 Å². The van der Waals surface area contributed by atoms with Crippen LogP contribution in [0.1, 0.15) is 29.7 Å². The maximum absolute atomic E-state index is 5.14. The number of H-pyrrole nitrogens is 1. The van der Waals surface area contributed by atoms with Crippen LogP contribution < -0.4 is 0 Å². The van der Waals surface area contributed by atoms with E-state index in [0.29, 0.717) is 4.77 Å². The predicted octanol–water partition coefficient (Wildman–Crippen LogP) is 1.74. The summed E-state index contributed by atoms with van der Waals surface area (Å²) in [7, 11) is 1.92. The monoisotopic (exact) mass is 264 g/mol. The van der Waals surface area contributed by atoms with Crippen LogP contribution in [0.3, 0.4) is 0 Å². The highest BCUT2D eigenvalue weighted by Gasteiger charge is 2.07. The van der Waals surface area contributed by atoms with Crippen molar-refractivity contribution in [2.24, 2.45) is 12.1 Å². The zero-order chi connectivity index (χ0) is 13.3. The van der Waals surface area contributed by atoms with Crippen molar-refractivity contribution in [3.8, 4) is 0 Å². The second kappa shape index (κ2) is 4.85. The van der Waals surface area contributed by atoms with Gasteiger partial charge in [0.15, 0.2) is 5.82 Å². The quantitative estimate of drug-likeness (QED) is 0.678. The van der Waals surface area contributed by atoms with Crippen LogP contribution >= 0.6 is 12.2 Å². The number of rotatable bonds is 3. The zero-order valence-electron chi connectivity index (χ0n) is 10.9. The molecule has 2 rings (SSSR count). The van der Waals surface area contributed by atoms with E-state index >= 15 is 0 Å². The van der Waals surface area contributed by atoms with Gasteiger partial charge in [-0.15, -0.1) is 0 Å². The summed E-state index contributed by atoms with van der Waals surface area (Å²) in [5, 5.41) is 15.6. The minimum Gasteiger partial charge on any atom is -0.272 e. The van der Waals surface area contributed by atoms with Crippen molar-refractivity contribution in [1.29, 1.82) is 0 Å². The molecule has 0 spiro atoms. The van der Waals surface area contributed by atoms with Crippen molar-refractivity contribution in [3.05, 3.63) is 27.5 Å². The third kappa shape index (κ3) is 2.13. The fourth-order valence-corrected chi connectivity index (χ4v) is 1.96. The normalized spacial score (nSPS) is 11.6. The molecule has 0 bridgehead atoms. The number of hydrogen-bond acceptors (Lipinski definition) is 4. The average Bonchev–Trinajstić information content (AvgIpc) is 2.80. The summed E-state index contributed by atoms with van der Waals surface area (Å²) in [4.78, 5) is 0. The van der Waals surface area contributed by atoms with Gasteiger partial charge in [-0.1, -0.05) is 6.92 Å². The van der Waals surface area contributed by atoms with Gasteiger partial charge in [0.05, 0.1) is 11.9 Å². The minimum atomic E-state index is 0.502. The van der Waals surface area contributed by atoms with E-state index in [-0.39, 0.29) is 0 Å². The van der Waals surface area contributed by atoms with E-state index in [9.17, 15) is 0 Å². The molecule has 0 radical (unpaired) electrons. The van der Waals surface area contributed by atoms with Gasteiger partial charge < -0.3 is 0 Å². The molecule has 1 N–H and O–H groups in total. The molecule has 2 aromatic rings. The van der Waals surface area contributed by atoms with E-state index in [1.165, 1.54) is 0 Å². The third-order valence-corrected chi connectivity index (χ3v) is 3.17. The molecule has 0 saturated carbocycles. The van der Waals surface area contributed by atoms with E-state index in [1.807, 2.05) is 32.5 Å². The summed E-state index contributed by atoms with van der Waals surface area (Å²) in [6, 6.07) is 0. The van der Waals surface area contributed by atoms with Crippen LogP contribution in [0.25, 0.3) is 0 Å². The lowest BCUT2D eigenvalue weighted by Crippen LogP contribution is -1.98. The minimum absolute atomic E-state index is 0.502. The molecule has 0 unspecified atom stereocenters. The Morgan fingerprint density at radius 3 is 2.72 bits per heavy atom. The molecule has 0 aliphatic carbocycles. The van der Waals surface area contributed by atoms with Crippen molar-refractivity contribution in [2.75, 3.05) is 0 Å². The first kappa shape index (κ1) is 12.7. The van der Waals surface area contributed by atoms with Crippen molar-refractivity contribution in [1.82, 2.24) is 24.7 Å². The maximum atomic E-state index is 5.14. The van der Waals surface area contributed by atoms with Gasteiger partial charge in [0, 0.05) is 24.7 Å². The van der Waals surface area contributed by atoms with Crippen LogP contribution in [0.2, 0.25) is 0 Å². The largest absolute Gasteiger partial charge is 0.272 e. The highest BCUT2D eigenvalue weighted by molar-refractivity contribution is 7.71. The molecule has 18 heavy (non-hydrogen) atoms. The van der Waals surface area contributed by atoms with E-state index in [1.54, 1.807) is 10.9 Å². The van der Waals surface area contributed by atoms with Gasteiger partial charge in [-0.2, -0.15) is 20.0 Å². The summed E-state index contributed by atoms with van der Waals surface area (Å²) in [5.74, 6) is 0.815. The predicted molar refractivity (Wildman–Crippen MR) is 72.5 cm³/mol. The van der Waals surface area contributed by atoms with E-state index in [2.05, 4.69) is 20.4 Å². The Hall–Kier alpha value is -1.76. The van der Waals surface area contributed by atoms with Crippen LogP contribution in [0.15, 0.2) is 5.10 Å². The zero-order valence-corrected chi connectivity index (χ0v) is 11.7. The molecule has 7 heteroatoms. The highest BCUT2D eigenvalue weighted by Crippen LogP contribution is 2.09. The summed E-state index contributed by atoms with van der Waals surface area (Å²) in [5.41, 5.74) is 3.04. The molecule has 0 atom stereocenters. The van der Waals surface area contributed by atoms with Crippen molar-refractivity contribution in [3.63, 3.8) is 0 Å². The number of nitrogens with zero attached hydrogens (tertiary/aromatic N) is 5. The second-order valence-corrected chi connectivity index (χ2v) is 4.45. The van der Waals surface area contributed by atoms with Crippen LogP contribution in [0.4, 0.5) is 0 Å². The summed E-state index contributed by atoms with van der Waals surface area (Å²) in [6.45, 7) is 5.98. The molecular formula is C11H16N6S. The smallest absolute Gasteiger partial charge is 0.216 e. The number of aromatic nitrogens is 5. The Morgan fingerprint density at radius 2 is 2.17 bits per heavy atom. The Labute approximate surface area is 110 Å². The summed E-state index contributed by atoms with van der Waals surface area (Å²) < 4.78 is 3.98. The lowest BCUT2D eigenvalue weighted by Gasteiger charge is -1.97. The van der Waals surface area contributed by atoms with Crippen molar-refractivity contribution in [2.45, 2.75) is 27.2 Å². The first-order chi connectivity index (χ1) is 8.54. The van der Waals surface area contributed by atoms with Gasteiger partial charge in [-0.05, 0) is 26.1 Å². The maximum Gasteiger partial charge on any atom is 0.216 e. The lowest BCUT2D eigenvalue weighted by molar-refractivity contribution is 0.731. The Bertz CT molecular complexity index is 645. The van der Waals surface area contributed by atoms with Gasteiger partial charge >= 0.3 is 0 Å². The third-order valence-electron chi connectivity index (χ3n) is 2.90. The molecule has 96 valence electrons. The first-order valence-electron chi connectivity index (χ1n) is 5.75.